The second-order valence-corrected chi connectivity index (χ2v) is 4.82. The molecule has 0 unspecified atom stereocenters. The van der Waals surface area contributed by atoms with Crippen LogP contribution in [0.15, 0.2) is 24.3 Å². The minimum atomic E-state index is 0.0874. The molecule has 2 rings (SSSR count). The monoisotopic (exact) mass is 257 g/mol. The molecule has 1 aliphatic rings. The van der Waals surface area contributed by atoms with E-state index in [0.717, 1.165) is 24.0 Å². The Morgan fingerprint density at radius 3 is 2.95 bits per heavy atom. The number of hydrogen-bond donors (Lipinski definition) is 2. The van der Waals surface area contributed by atoms with Gasteiger partial charge in [-0.25, -0.2) is 0 Å². The molecule has 1 amide bonds. The van der Waals surface area contributed by atoms with Gasteiger partial charge in [-0.05, 0) is 30.5 Å². The van der Waals surface area contributed by atoms with Gasteiger partial charge in [-0.15, -0.1) is 0 Å². The number of carbonyl (C=O) groups excluding carboxylic acids is 1. The van der Waals surface area contributed by atoms with Gasteiger partial charge >= 0.3 is 0 Å². The minimum absolute atomic E-state index is 0.0874. The van der Waals surface area contributed by atoms with Crippen molar-refractivity contribution in [3.05, 3.63) is 35.4 Å². The average molecular weight is 257 g/mol. The molecule has 1 aromatic rings. The van der Waals surface area contributed by atoms with E-state index in [2.05, 4.69) is 17.2 Å². The number of hydrogen-bond acceptors (Lipinski definition) is 2. The zero-order chi connectivity index (χ0) is 13.5. The van der Waals surface area contributed by atoms with Crippen LogP contribution < -0.4 is 5.32 Å². The zero-order valence-corrected chi connectivity index (χ0v) is 11.0. The van der Waals surface area contributed by atoms with Crippen molar-refractivity contribution in [1.29, 1.82) is 0 Å². The quantitative estimate of drug-likeness (QED) is 0.809. The highest BCUT2D eigenvalue weighted by molar-refractivity contribution is 5.79. The fraction of sp³-hybridized carbons (Fsp3) is 0.438. The SMILES string of the molecule is O=C(NCc1cccc(C#CCCO)c1)C1CCC1. The van der Waals surface area contributed by atoms with E-state index in [9.17, 15) is 4.79 Å². The lowest BCUT2D eigenvalue weighted by molar-refractivity contribution is -0.127. The van der Waals surface area contributed by atoms with Crippen LogP contribution in [-0.2, 0) is 11.3 Å². The van der Waals surface area contributed by atoms with Gasteiger partial charge < -0.3 is 10.4 Å². The maximum absolute atomic E-state index is 11.7. The van der Waals surface area contributed by atoms with Crippen LogP contribution in [0, 0.1) is 17.8 Å². The molecule has 19 heavy (non-hydrogen) atoms. The molecular formula is C16H19NO2. The van der Waals surface area contributed by atoms with Gasteiger partial charge in [0.15, 0.2) is 0 Å². The summed E-state index contributed by atoms with van der Waals surface area (Å²) < 4.78 is 0. The van der Waals surface area contributed by atoms with Crippen molar-refractivity contribution in [2.45, 2.75) is 32.2 Å². The van der Waals surface area contributed by atoms with Crippen LogP contribution in [0.25, 0.3) is 0 Å². The third-order valence-electron chi connectivity index (χ3n) is 3.34. The van der Waals surface area contributed by atoms with E-state index in [4.69, 9.17) is 5.11 Å². The first-order valence-electron chi connectivity index (χ1n) is 6.76. The largest absolute Gasteiger partial charge is 0.395 e. The van der Waals surface area contributed by atoms with E-state index < -0.39 is 0 Å². The number of aliphatic hydroxyl groups is 1. The van der Waals surface area contributed by atoms with E-state index in [-0.39, 0.29) is 18.4 Å². The van der Waals surface area contributed by atoms with E-state index >= 15 is 0 Å². The van der Waals surface area contributed by atoms with Crippen molar-refractivity contribution < 1.29 is 9.90 Å². The summed E-state index contributed by atoms with van der Waals surface area (Å²) in [5, 5.41) is 11.6. The minimum Gasteiger partial charge on any atom is -0.395 e. The molecule has 0 aliphatic heterocycles. The first kappa shape index (κ1) is 13.6. The molecule has 1 aromatic carbocycles. The Bertz CT molecular complexity index is 495. The van der Waals surface area contributed by atoms with Gasteiger partial charge in [0.2, 0.25) is 5.91 Å². The van der Waals surface area contributed by atoms with E-state index in [1.807, 2.05) is 24.3 Å². The molecule has 100 valence electrons. The van der Waals surface area contributed by atoms with Crippen molar-refractivity contribution in [3.8, 4) is 11.8 Å². The van der Waals surface area contributed by atoms with Crippen LogP contribution in [-0.4, -0.2) is 17.6 Å². The summed E-state index contributed by atoms with van der Waals surface area (Å²) in [7, 11) is 0. The highest BCUT2D eigenvalue weighted by Gasteiger charge is 2.24. The molecule has 0 aromatic heterocycles. The summed E-state index contributed by atoms with van der Waals surface area (Å²) in [5.74, 6) is 6.29. The van der Waals surface area contributed by atoms with Crippen LogP contribution >= 0.6 is 0 Å². The summed E-state index contributed by atoms with van der Waals surface area (Å²) in [6, 6.07) is 7.83. The maximum Gasteiger partial charge on any atom is 0.223 e. The standard InChI is InChI=1S/C16H19NO2/c18-10-2-1-5-13-6-3-7-14(11-13)12-17-16(19)15-8-4-9-15/h3,6-7,11,15,18H,2,4,8-10,12H2,(H,17,19). The molecule has 0 heterocycles. The number of carbonyl (C=O) groups is 1. The average Bonchev–Trinajstić information content (AvgIpc) is 2.35. The Kier molecular flexibility index (Phi) is 5.00. The smallest absolute Gasteiger partial charge is 0.223 e. The van der Waals surface area contributed by atoms with Crippen molar-refractivity contribution in [3.63, 3.8) is 0 Å². The predicted octanol–water partition coefficient (Wildman–Crippen LogP) is 1.84. The highest BCUT2D eigenvalue weighted by atomic mass is 16.2. The molecule has 1 saturated carbocycles. The second kappa shape index (κ2) is 6.96. The fourth-order valence-corrected chi connectivity index (χ4v) is 1.98. The van der Waals surface area contributed by atoms with Gasteiger partial charge in [0.25, 0.3) is 0 Å². The molecule has 0 saturated heterocycles. The fourth-order valence-electron chi connectivity index (χ4n) is 1.98. The van der Waals surface area contributed by atoms with E-state index in [1.54, 1.807) is 0 Å². The Morgan fingerprint density at radius 1 is 1.42 bits per heavy atom. The topological polar surface area (TPSA) is 49.3 Å². The van der Waals surface area contributed by atoms with Crippen LogP contribution in [0.2, 0.25) is 0 Å². The molecular weight excluding hydrogens is 238 g/mol. The molecule has 3 heteroatoms. The molecule has 0 atom stereocenters. The molecule has 0 radical (unpaired) electrons. The zero-order valence-electron chi connectivity index (χ0n) is 11.0. The number of rotatable bonds is 4. The third kappa shape index (κ3) is 4.11. The Balaban J connectivity index is 1.88. The summed E-state index contributed by atoms with van der Waals surface area (Å²) in [6.45, 7) is 0.648. The first-order chi connectivity index (χ1) is 9.29. The van der Waals surface area contributed by atoms with Gasteiger partial charge in [0.05, 0.1) is 6.61 Å². The van der Waals surface area contributed by atoms with E-state index in [0.29, 0.717) is 13.0 Å². The molecule has 1 aliphatic carbocycles. The number of nitrogens with one attached hydrogen (secondary N) is 1. The van der Waals surface area contributed by atoms with Crippen LogP contribution in [0.3, 0.4) is 0 Å². The number of aliphatic hydroxyl groups excluding tert-OH is 1. The van der Waals surface area contributed by atoms with Gasteiger partial charge in [-0.2, -0.15) is 0 Å². The first-order valence-corrected chi connectivity index (χ1v) is 6.76. The van der Waals surface area contributed by atoms with Crippen molar-refractivity contribution in [2.24, 2.45) is 5.92 Å². The van der Waals surface area contributed by atoms with Gasteiger partial charge in [-0.1, -0.05) is 30.4 Å². The Hall–Kier alpha value is -1.79. The van der Waals surface area contributed by atoms with Crippen molar-refractivity contribution in [2.75, 3.05) is 6.61 Å². The van der Waals surface area contributed by atoms with E-state index in [1.165, 1.54) is 6.42 Å². The highest BCUT2D eigenvalue weighted by Crippen LogP contribution is 2.26. The normalized spacial score (nSPS) is 14.2. The summed E-state index contributed by atoms with van der Waals surface area (Å²) >= 11 is 0. The molecule has 0 bridgehead atoms. The lowest BCUT2D eigenvalue weighted by atomic mass is 9.85. The van der Waals surface area contributed by atoms with Crippen LogP contribution in [0.5, 0.6) is 0 Å². The molecule has 2 N–H and O–H groups in total. The third-order valence-corrected chi connectivity index (χ3v) is 3.34. The maximum atomic E-state index is 11.7. The predicted molar refractivity (Wildman–Crippen MR) is 74.2 cm³/mol. The lowest BCUT2D eigenvalue weighted by Gasteiger charge is -2.24. The summed E-state index contributed by atoms with van der Waals surface area (Å²) in [5.41, 5.74) is 1.98. The van der Waals surface area contributed by atoms with Crippen LogP contribution in [0.1, 0.15) is 36.8 Å². The lowest BCUT2D eigenvalue weighted by Crippen LogP contribution is -2.33. The second-order valence-electron chi connectivity index (χ2n) is 4.82. The molecule has 0 spiro atoms. The molecule has 3 nitrogen and oxygen atoms in total. The van der Waals surface area contributed by atoms with Gasteiger partial charge in [0.1, 0.15) is 0 Å². The molecule has 1 fully saturated rings. The number of benzene rings is 1. The van der Waals surface area contributed by atoms with Gasteiger partial charge in [0, 0.05) is 24.4 Å². The van der Waals surface area contributed by atoms with Gasteiger partial charge in [-0.3, -0.25) is 4.79 Å². The summed E-state index contributed by atoms with van der Waals surface area (Å²) in [6.07, 6.45) is 3.72. The Morgan fingerprint density at radius 2 is 2.26 bits per heavy atom. The Labute approximate surface area is 114 Å². The summed E-state index contributed by atoms with van der Waals surface area (Å²) in [4.78, 5) is 11.7. The van der Waals surface area contributed by atoms with Crippen molar-refractivity contribution >= 4 is 5.91 Å². The number of amides is 1. The van der Waals surface area contributed by atoms with Crippen molar-refractivity contribution in [1.82, 2.24) is 5.32 Å². The van der Waals surface area contributed by atoms with Crippen LogP contribution in [0.4, 0.5) is 0 Å².